The number of hydrogen-bond donors (Lipinski definition) is 1. The highest BCUT2D eigenvalue weighted by Gasteiger charge is 2.12. The molecule has 0 spiro atoms. The summed E-state index contributed by atoms with van der Waals surface area (Å²) in [6.07, 6.45) is 1.53. The molecule has 1 N–H and O–H groups in total. The molecule has 0 saturated heterocycles. The molecule has 0 unspecified atom stereocenters. The Morgan fingerprint density at radius 2 is 2.13 bits per heavy atom. The number of nitrogens with one attached hydrogen (secondary N) is 1. The molecular formula is C11H15ClN2O. The Kier molecular flexibility index (Phi) is 4.09. The first kappa shape index (κ1) is 12.0. The molecule has 3 nitrogen and oxygen atoms in total. The van der Waals surface area contributed by atoms with Gasteiger partial charge >= 0.3 is 0 Å². The van der Waals surface area contributed by atoms with Crippen LogP contribution in [0.5, 0.6) is 0 Å². The molecule has 0 aliphatic heterocycles. The van der Waals surface area contributed by atoms with E-state index in [4.69, 9.17) is 11.6 Å². The second-order valence-electron chi connectivity index (χ2n) is 3.87. The van der Waals surface area contributed by atoms with Crippen LogP contribution in [0.4, 0.5) is 0 Å². The molecule has 15 heavy (non-hydrogen) atoms. The number of pyridine rings is 1. The normalized spacial score (nSPS) is 12.6. The van der Waals surface area contributed by atoms with Crippen LogP contribution in [0.15, 0.2) is 18.3 Å². The molecule has 0 aliphatic rings. The van der Waals surface area contributed by atoms with Gasteiger partial charge in [0, 0.05) is 17.8 Å². The van der Waals surface area contributed by atoms with Crippen LogP contribution < -0.4 is 5.32 Å². The topological polar surface area (TPSA) is 42.0 Å². The average molecular weight is 227 g/mol. The maximum absolute atomic E-state index is 11.7. The molecule has 1 aromatic heterocycles. The predicted octanol–water partition coefficient (Wildman–Crippen LogP) is 2.51. The molecule has 4 heteroatoms. The van der Waals surface area contributed by atoms with E-state index in [1.54, 1.807) is 12.1 Å². The smallest absolute Gasteiger partial charge is 0.251 e. The molecule has 0 bridgehead atoms. The van der Waals surface area contributed by atoms with E-state index in [0.29, 0.717) is 16.6 Å². The molecule has 1 atom stereocenters. The Hall–Kier alpha value is -1.09. The third kappa shape index (κ3) is 3.51. The first-order valence-electron chi connectivity index (χ1n) is 4.93. The number of hydrogen-bond acceptors (Lipinski definition) is 2. The number of halogens is 1. The molecule has 0 radical (unpaired) electrons. The molecule has 1 amide bonds. The Morgan fingerprint density at radius 1 is 1.47 bits per heavy atom. The second-order valence-corrected chi connectivity index (χ2v) is 4.26. The van der Waals surface area contributed by atoms with Crippen molar-refractivity contribution in [3.63, 3.8) is 0 Å². The average Bonchev–Trinajstić information content (AvgIpc) is 2.17. The van der Waals surface area contributed by atoms with E-state index < -0.39 is 0 Å². The zero-order valence-corrected chi connectivity index (χ0v) is 9.88. The van der Waals surface area contributed by atoms with Gasteiger partial charge in [-0.2, -0.15) is 0 Å². The van der Waals surface area contributed by atoms with E-state index in [9.17, 15) is 4.79 Å². The Bertz CT molecular complexity index is 352. The number of rotatable bonds is 3. The molecule has 1 rings (SSSR count). The number of carbonyl (C=O) groups excluding carboxylic acids is 1. The van der Waals surface area contributed by atoms with Crippen LogP contribution in [0.25, 0.3) is 0 Å². The fraction of sp³-hybridized carbons (Fsp3) is 0.455. The van der Waals surface area contributed by atoms with Crippen molar-refractivity contribution in [3.05, 3.63) is 29.0 Å². The predicted molar refractivity (Wildman–Crippen MR) is 61.0 cm³/mol. The van der Waals surface area contributed by atoms with E-state index in [1.165, 1.54) is 6.20 Å². The van der Waals surface area contributed by atoms with Gasteiger partial charge < -0.3 is 5.32 Å². The van der Waals surface area contributed by atoms with Gasteiger partial charge in [-0.25, -0.2) is 4.98 Å². The Balaban J connectivity index is 2.69. The van der Waals surface area contributed by atoms with Crippen molar-refractivity contribution in [2.75, 3.05) is 0 Å². The van der Waals surface area contributed by atoms with Crippen molar-refractivity contribution in [2.24, 2.45) is 5.92 Å². The van der Waals surface area contributed by atoms with Gasteiger partial charge in [-0.15, -0.1) is 0 Å². The minimum Gasteiger partial charge on any atom is -0.349 e. The Morgan fingerprint density at radius 3 is 2.67 bits per heavy atom. The summed E-state index contributed by atoms with van der Waals surface area (Å²) in [6.45, 7) is 6.10. The van der Waals surface area contributed by atoms with Crippen molar-refractivity contribution >= 4 is 17.5 Å². The van der Waals surface area contributed by atoms with Crippen LogP contribution in [0.2, 0.25) is 5.15 Å². The largest absolute Gasteiger partial charge is 0.349 e. The molecular weight excluding hydrogens is 212 g/mol. The summed E-state index contributed by atoms with van der Waals surface area (Å²) in [5.41, 5.74) is 0.544. The Labute approximate surface area is 94.9 Å². The lowest BCUT2D eigenvalue weighted by Gasteiger charge is -2.17. The molecule has 0 saturated carbocycles. The maximum Gasteiger partial charge on any atom is 0.251 e. The maximum atomic E-state index is 11.7. The summed E-state index contributed by atoms with van der Waals surface area (Å²) in [5.74, 6) is 0.298. The standard InChI is InChI=1S/C11H15ClN2O/c1-7(2)8(3)14-11(15)9-4-5-13-10(12)6-9/h4-8H,1-3H3,(H,14,15)/t8-/m1/s1. The molecule has 0 aromatic carbocycles. The fourth-order valence-electron chi connectivity index (χ4n) is 1.00. The highest BCUT2D eigenvalue weighted by atomic mass is 35.5. The van der Waals surface area contributed by atoms with Gasteiger partial charge in [0.15, 0.2) is 0 Å². The highest BCUT2D eigenvalue weighted by Crippen LogP contribution is 2.08. The zero-order valence-electron chi connectivity index (χ0n) is 9.12. The summed E-state index contributed by atoms with van der Waals surface area (Å²) in [5, 5.41) is 3.23. The van der Waals surface area contributed by atoms with Gasteiger partial charge in [-0.1, -0.05) is 25.4 Å². The van der Waals surface area contributed by atoms with Gasteiger partial charge in [0.05, 0.1) is 0 Å². The van der Waals surface area contributed by atoms with E-state index in [-0.39, 0.29) is 11.9 Å². The lowest BCUT2D eigenvalue weighted by Crippen LogP contribution is -2.36. The minimum absolute atomic E-state index is 0.111. The number of aromatic nitrogens is 1. The summed E-state index contributed by atoms with van der Waals surface area (Å²) in [4.78, 5) is 15.5. The van der Waals surface area contributed by atoms with E-state index in [2.05, 4.69) is 24.1 Å². The van der Waals surface area contributed by atoms with E-state index >= 15 is 0 Å². The first-order valence-corrected chi connectivity index (χ1v) is 5.31. The van der Waals surface area contributed by atoms with Gasteiger partial charge in [-0.05, 0) is 25.0 Å². The lowest BCUT2D eigenvalue weighted by atomic mass is 10.1. The summed E-state index contributed by atoms with van der Waals surface area (Å²) >= 11 is 5.70. The van der Waals surface area contributed by atoms with Crippen LogP contribution in [-0.4, -0.2) is 16.9 Å². The molecule has 0 fully saturated rings. The van der Waals surface area contributed by atoms with Crippen LogP contribution in [0.1, 0.15) is 31.1 Å². The molecule has 82 valence electrons. The first-order chi connectivity index (χ1) is 7.00. The van der Waals surface area contributed by atoms with Crippen molar-refractivity contribution in [3.8, 4) is 0 Å². The molecule has 1 heterocycles. The SMILES string of the molecule is CC(C)[C@@H](C)NC(=O)c1ccnc(Cl)c1. The third-order valence-electron chi connectivity index (χ3n) is 2.35. The van der Waals surface area contributed by atoms with Crippen molar-refractivity contribution in [1.82, 2.24) is 10.3 Å². The lowest BCUT2D eigenvalue weighted by molar-refractivity contribution is 0.0930. The summed E-state index contributed by atoms with van der Waals surface area (Å²) < 4.78 is 0. The van der Waals surface area contributed by atoms with Crippen LogP contribution in [0.3, 0.4) is 0 Å². The van der Waals surface area contributed by atoms with E-state index in [1.807, 2.05) is 6.92 Å². The second kappa shape index (κ2) is 5.12. The van der Waals surface area contributed by atoms with Crippen molar-refractivity contribution < 1.29 is 4.79 Å². The zero-order chi connectivity index (χ0) is 11.4. The number of carbonyl (C=O) groups is 1. The van der Waals surface area contributed by atoms with Crippen molar-refractivity contribution in [2.45, 2.75) is 26.8 Å². The fourth-order valence-corrected chi connectivity index (χ4v) is 1.17. The van der Waals surface area contributed by atoms with Crippen molar-refractivity contribution in [1.29, 1.82) is 0 Å². The van der Waals surface area contributed by atoms with Crippen LogP contribution in [0, 0.1) is 5.92 Å². The molecule has 0 aliphatic carbocycles. The summed E-state index contributed by atoms with van der Waals surface area (Å²) in [6, 6.07) is 3.35. The monoisotopic (exact) mass is 226 g/mol. The van der Waals surface area contributed by atoms with Gasteiger partial charge in [0.1, 0.15) is 5.15 Å². The number of amides is 1. The van der Waals surface area contributed by atoms with E-state index in [0.717, 1.165) is 0 Å². The molecule has 1 aromatic rings. The minimum atomic E-state index is -0.111. The highest BCUT2D eigenvalue weighted by molar-refractivity contribution is 6.29. The van der Waals surface area contributed by atoms with Gasteiger partial charge in [-0.3, -0.25) is 4.79 Å². The van der Waals surface area contributed by atoms with Gasteiger partial charge in [0.2, 0.25) is 0 Å². The number of nitrogens with zero attached hydrogens (tertiary/aromatic N) is 1. The van der Waals surface area contributed by atoms with Crippen LogP contribution >= 0.6 is 11.6 Å². The third-order valence-corrected chi connectivity index (χ3v) is 2.55. The van der Waals surface area contributed by atoms with Crippen LogP contribution in [-0.2, 0) is 0 Å². The van der Waals surface area contributed by atoms with Gasteiger partial charge in [0.25, 0.3) is 5.91 Å². The summed E-state index contributed by atoms with van der Waals surface area (Å²) in [7, 11) is 0. The quantitative estimate of drug-likeness (QED) is 0.805.